The smallest absolute Gasteiger partial charge is 0.00390 e. The molecule has 1 heteroatoms. The summed E-state index contributed by atoms with van der Waals surface area (Å²) in [6.45, 7) is 4.26. The first-order valence-electron chi connectivity index (χ1n) is 2.27. The Labute approximate surface area is 44.3 Å². The molecule has 0 unspecified atom stereocenters. The van der Waals surface area contributed by atoms with Gasteiger partial charge < -0.3 is 0 Å². The third-order valence-corrected chi connectivity index (χ3v) is 1.47. The lowest BCUT2D eigenvalue weighted by Crippen LogP contribution is -1.72. The second kappa shape index (κ2) is 5.35. The van der Waals surface area contributed by atoms with E-state index in [9.17, 15) is 0 Å². The second-order valence-corrected chi connectivity index (χ2v) is 2.39. The fourth-order valence-corrected chi connectivity index (χ4v) is 0.707. The first-order valence-corrected chi connectivity index (χ1v) is 3.42. The van der Waals surface area contributed by atoms with Crippen LogP contribution in [0.3, 0.4) is 0 Å². The quantitative estimate of drug-likeness (QED) is 0.492. The summed E-state index contributed by atoms with van der Waals surface area (Å²) in [7, 11) is 0. The lowest BCUT2D eigenvalue weighted by atomic mass is 10.6. The Balaban J connectivity index is 2.34. The Bertz CT molecular complexity index is 15.9. The van der Waals surface area contributed by atoms with Crippen LogP contribution in [0.4, 0.5) is 0 Å². The maximum Gasteiger partial charge on any atom is -0.00390 e. The molecular weight excluding hydrogens is 92.1 g/mol. The minimum Gasteiger partial charge on any atom is -0.162 e. The summed E-state index contributed by atoms with van der Waals surface area (Å²) < 4.78 is 0. The molecule has 1 radical (unpaired) electrons. The fraction of sp³-hybridized carbons (Fsp3) is 0.800. The zero-order valence-electron chi connectivity index (χ0n) is 4.40. The van der Waals surface area contributed by atoms with Crippen molar-refractivity contribution in [2.45, 2.75) is 13.8 Å². The number of hydrogen-bond donors (Lipinski definition) is 0. The maximum atomic E-state index is 2.17. The van der Waals surface area contributed by atoms with E-state index in [0.29, 0.717) is 0 Å². The van der Waals surface area contributed by atoms with E-state index in [4.69, 9.17) is 0 Å². The van der Waals surface area contributed by atoms with E-state index >= 15 is 0 Å². The first-order chi connectivity index (χ1) is 2.91. The molecule has 0 aromatic heterocycles. The second-order valence-electron chi connectivity index (χ2n) is 1.07. The normalized spacial score (nSPS) is 9.00. The SMILES string of the molecule is C[CH]CSCC. The molecule has 0 heterocycles. The highest BCUT2D eigenvalue weighted by Crippen LogP contribution is 1.97. The summed E-state index contributed by atoms with van der Waals surface area (Å²) >= 11 is 1.95. The van der Waals surface area contributed by atoms with Crippen molar-refractivity contribution in [2.75, 3.05) is 11.5 Å². The third kappa shape index (κ3) is 4.35. The Morgan fingerprint density at radius 3 is 2.50 bits per heavy atom. The van der Waals surface area contributed by atoms with E-state index < -0.39 is 0 Å². The van der Waals surface area contributed by atoms with E-state index in [0.717, 1.165) is 0 Å². The van der Waals surface area contributed by atoms with Gasteiger partial charge in [0, 0.05) is 0 Å². The Morgan fingerprint density at radius 2 is 2.33 bits per heavy atom. The summed E-state index contributed by atoms with van der Waals surface area (Å²) in [6, 6.07) is 0. The minimum atomic E-state index is 1.20. The molecule has 6 heavy (non-hydrogen) atoms. The third-order valence-electron chi connectivity index (χ3n) is 0.489. The molecule has 0 nitrogen and oxygen atoms in total. The molecular formula is C5H11S. The molecule has 0 saturated carbocycles. The van der Waals surface area contributed by atoms with Crippen molar-refractivity contribution in [2.24, 2.45) is 0 Å². The van der Waals surface area contributed by atoms with Crippen molar-refractivity contribution in [3.8, 4) is 0 Å². The van der Waals surface area contributed by atoms with Gasteiger partial charge in [0.05, 0.1) is 0 Å². The van der Waals surface area contributed by atoms with Gasteiger partial charge in [-0.3, -0.25) is 0 Å². The van der Waals surface area contributed by atoms with E-state index in [1.807, 2.05) is 11.8 Å². The molecule has 0 saturated heterocycles. The van der Waals surface area contributed by atoms with Crippen molar-refractivity contribution in [1.29, 1.82) is 0 Å². The largest absolute Gasteiger partial charge is 0.162 e. The molecule has 0 spiro atoms. The van der Waals surface area contributed by atoms with Crippen molar-refractivity contribution in [3.05, 3.63) is 6.42 Å². The maximum absolute atomic E-state index is 2.17. The van der Waals surface area contributed by atoms with Crippen LogP contribution >= 0.6 is 11.8 Å². The van der Waals surface area contributed by atoms with Gasteiger partial charge in [-0.2, -0.15) is 11.8 Å². The van der Waals surface area contributed by atoms with Gasteiger partial charge in [0.2, 0.25) is 0 Å². The van der Waals surface area contributed by atoms with Crippen LogP contribution in [0.25, 0.3) is 0 Å². The Hall–Kier alpha value is 0.350. The van der Waals surface area contributed by atoms with Gasteiger partial charge >= 0.3 is 0 Å². The fourth-order valence-electron chi connectivity index (χ4n) is 0.236. The van der Waals surface area contributed by atoms with Gasteiger partial charge in [0.25, 0.3) is 0 Å². The van der Waals surface area contributed by atoms with Crippen LogP contribution in [0.5, 0.6) is 0 Å². The van der Waals surface area contributed by atoms with Crippen molar-refractivity contribution in [1.82, 2.24) is 0 Å². The van der Waals surface area contributed by atoms with E-state index in [1.54, 1.807) is 0 Å². The molecule has 0 aliphatic carbocycles. The van der Waals surface area contributed by atoms with Gasteiger partial charge in [-0.1, -0.05) is 13.8 Å². The average Bonchev–Trinajstić information content (AvgIpc) is 1.61. The zero-order chi connectivity index (χ0) is 4.83. The number of hydrogen-bond acceptors (Lipinski definition) is 1. The lowest BCUT2D eigenvalue weighted by Gasteiger charge is -1.86. The first kappa shape index (κ1) is 6.35. The van der Waals surface area contributed by atoms with E-state index in [1.165, 1.54) is 11.5 Å². The van der Waals surface area contributed by atoms with Gasteiger partial charge in [-0.25, -0.2) is 0 Å². The monoisotopic (exact) mass is 103 g/mol. The molecule has 0 amide bonds. The lowest BCUT2D eigenvalue weighted by molar-refractivity contribution is 1.41. The van der Waals surface area contributed by atoms with Crippen molar-refractivity contribution < 1.29 is 0 Å². The molecule has 0 aromatic carbocycles. The summed E-state index contributed by atoms with van der Waals surface area (Å²) in [5.41, 5.74) is 0. The standard InChI is InChI=1S/C5H11S/c1-3-5-6-4-2/h3H,4-5H2,1-2H3. The van der Waals surface area contributed by atoms with Gasteiger partial charge in [-0.05, 0) is 17.9 Å². The predicted octanol–water partition coefficient (Wildman–Crippen LogP) is 1.96. The van der Waals surface area contributed by atoms with Crippen molar-refractivity contribution in [3.63, 3.8) is 0 Å². The highest BCUT2D eigenvalue weighted by molar-refractivity contribution is 7.99. The van der Waals surface area contributed by atoms with E-state index in [2.05, 4.69) is 20.3 Å². The highest BCUT2D eigenvalue weighted by Gasteiger charge is 1.75. The van der Waals surface area contributed by atoms with Crippen LogP contribution in [-0.4, -0.2) is 11.5 Å². The molecule has 0 N–H and O–H groups in total. The molecule has 0 aliphatic heterocycles. The zero-order valence-corrected chi connectivity index (χ0v) is 5.22. The summed E-state index contributed by atoms with van der Waals surface area (Å²) in [4.78, 5) is 0. The summed E-state index contributed by atoms with van der Waals surface area (Å²) in [6.07, 6.45) is 2.17. The molecule has 0 rings (SSSR count). The van der Waals surface area contributed by atoms with Crippen LogP contribution < -0.4 is 0 Å². The molecule has 0 atom stereocenters. The average molecular weight is 103 g/mol. The van der Waals surface area contributed by atoms with Crippen LogP contribution in [0.15, 0.2) is 0 Å². The molecule has 0 bridgehead atoms. The van der Waals surface area contributed by atoms with Crippen LogP contribution in [0, 0.1) is 6.42 Å². The predicted molar refractivity (Wildman–Crippen MR) is 33.0 cm³/mol. The van der Waals surface area contributed by atoms with Crippen molar-refractivity contribution >= 4 is 11.8 Å². The number of rotatable bonds is 3. The van der Waals surface area contributed by atoms with Gasteiger partial charge in [0.1, 0.15) is 0 Å². The molecule has 0 fully saturated rings. The molecule has 0 aliphatic rings. The van der Waals surface area contributed by atoms with E-state index in [-0.39, 0.29) is 0 Å². The topological polar surface area (TPSA) is 0 Å². The Morgan fingerprint density at radius 1 is 1.67 bits per heavy atom. The van der Waals surface area contributed by atoms with Crippen LogP contribution in [0.1, 0.15) is 13.8 Å². The van der Waals surface area contributed by atoms with Gasteiger partial charge in [-0.15, -0.1) is 0 Å². The van der Waals surface area contributed by atoms with Gasteiger partial charge in [0.15, 0.2) is 0 Å². The molecule has 37 valence electrons. The minimum absolute atomic E-state index is 1.20. The van der Waals surface area contributed by atoms with Crippen LogP contribution in [0.2, 0.25) is 0 Å². The molecule has 0 aromatic rings. The number of thioether (sulfide) groups is 1. The summed E-state index contributed by atoms with van der Waals surface area (Å²) in [5.74, 6) is 2.45. The van der Waals surface area contributed by atoms with Crippen LogP contribution in [-0.2, 0) is 0 Å². The Kier molecular flexibility index (Phi) is 5.66. The summed E-state index contributed by atoms with van der Waals surface area (Å²) in [5, 5.41) is 0. The highest BCUT2D eigenvalue weighted by atomic mass is 32.2.